The Morgan fingerprint density at radius 2 is 1.60 bits per heavy atom. The summed E-state index contributed by atoms with van der Waals surface area (Å²) in [7, 11) is -3.39. The highest BCUT2D eigenvalue weighted by Crippen LogP contribution is 2.20. The molecule has 0 aliphatic carbocycles. The number of nitrogens with one attached hydrogen (secondary N) is 1. The van der Waals surface area contributed by atoms with Crippen molar-refractivity contribution < 1.29 is 13.2 Å². The quantitative estimate of drug-likeness (QED) is 0.871. The minimum absolute atomic E-state index is 0.0212. The summed E-state index contributed by atoms with van der Waals surface area (Å²) in [5, 5.41) is 2.91. The van der Waals surface area contributed by atoms with Gasteiger partial charge in [0.05, 0.1) is 4.90 Å². The molecule has 0 unspecified atom stereocenters. The molecule has 140 valence electrons. The highest BCUT2D eigenvalue weighted by molar-refractivity contribution is 7.89. The molecular formula is C19H30N2O3S. The molecule has 0 spiro atoms. The zero-order valence-electron chi connectivity index (χ0n) is 15.5. The number of sulfonamides is 1. The highest BCUT2D eigenvalue weighted by atomic mass is 32.2. The number of nitrogens with zero attached hydrogens (tertiary/aromatic N) is 1. The minimum Gasteiger partial charge on any atom is -0.355 e. The fraction of sp³-hybridized carbons (Fsp3) is 0.632. The molecule has 0 aromatic heterocycles. The van der Waals surface area contributed by atoms with Crippen molar-refractivity contribution >= 4 is 15.9 Å². The molecule has 0 atom stereocenters. The molecule has 1 aliphatic heterocycles. The molecule has 1 heterocycles. The summed E-state index contributed by atoms with van der Waals surface area (Å²) in [6.07, 6.45) is 4.76. The Morgan fingerprint density at radius 1 is 1.04 bits per heavy atom. The Kier molecular flexibility index (Phi) is 6.63. The van der Waals surface area contributed by atoms with Crippen molar-refractivity contribution in [2.24, 2.45) is 5.41 Å². The van der Waals surface area contributed by atoms with E-state index in [1.54, 1.807) is 16.4 Å². The molecule has 1 saturated heterocycles. The Labute approximate surface area is 151 Å². The normalized spacial score (nSPS) is 17.1. The second-order valence-electron chi connectivity index (χ2n) is 7.72. The van der Waals surface area contributed by atoms with Gasteiger partial charge < -0.3 is 5.32 Å². The first-order chi connectivity index (χ1) is 11.7. The second-order valence-corrected chi connectivity index (χ2v) is 9.66. The van der Waals surface area contributed by atoms with Crippen molar-refractivity contribution in [1.29, 1.82) is 0 Å². The Bertz CT molecular complexity index is 668. The standard InChI is InChI=1S/C19H30N2O3S/c1-19(2,3)18(22)20-13-12-16-8-10-17(11-9-16)25(23,24)21-14-6-4-5-7-15-21/h8-11H,4-7,12-15H2,1-3H3,(H,20,22). The smallest absolute Gasteiger partial charge is 0.243 e. The molecule has 0 saturated carbocycles. The Hall–Kier alpha value is -1.40. The van der Waals surface area contributed by atoms with E-state index in [1.807, 2.05) is 32.9 Å². The third-order valence-electron chi connectivity index (χ3n) is 4.51. The van der Waals surface area contributed by atoms with Gasteiger partial charge in [-0.25, -0.2) is 8.42 Å². The lowest BCUT2D eigenvalue weighted by molar-refractivity contribution is -0.128. The highest BCUT2D eigenvalue weighted by Gasteiger charge is 2.25. The SMILES string of the molecule is CC(C)(C)C(=O)NCCc1ccc(S(=O)(=O)N2CCCCCC2)cc1. The monoisotopic (exact) mass is 366 g/mol. The molecule has 1 aromatic carbocycles. The van der Waals surface area contributed by atoms with Crippen LogP contribution in [0.3, 0.4) is 0 Å². The topological polar surface area (TPSA) is 66.5 Å². The van der Waals surface area contributed by atoms with Crippen LogP contribution < -0.4 is 5.32 Å². The summed E-state index contributed by atoms with van der Waals surface area (Å²) in [6.45, 7) is 7.42. The average molecular weight is 367 g/mol. The van der Waals surface area contributed by atoms with Crippen LogP contribution in [0.1, 0.15) is 52.0 Å². The van der Waals surface area contributed by atoms with Gasteiger partial charge in [-0.1, -0.05) is 45.7 Å². The zero-order valence-corrected chi connectivity index (χ0v) is 16.4. The summed E-state index contributed by atoms with van der Waals surface area (Å²) in [5.74, 6) is 0.0212. The third-order valence-corrected chi connectivity index (χ3v) is 6.42. The summed E-state index contributed by atoms with van der Waals surface area (Å²) in [4.78, 5) is 12.2. The van der Waals surface area contributed by atoms with Crippen molar-refractivity contribution in [3.05, 3.63) is 29.8 Å². The lowest BCUT2D eigenvalue weighted by atomic mass is 9.95. The summed E-state index contributed by atoms with van der Waals surface area (Å²) >= 11 is 0. The van der Waals surface area contributed by atoms with Crippen LogP contribution in [-0.4, -0.2) is 38.3 Å². The number of hydrogen-bond donors (Lipinski definition) is 1. The van der Waals surface area contributed by atoms with Crippen molar-refractivity contribution in [2.75, 3.05) is 19.6 Å². The van der Waals surface area contributed by atoms with Crippen molar-refractivity contribution in [3.8, 4) is 0 Å². The van der Waals surface area contributed by atoms with Gasteiger partial charge in [0.1, 0.15) is 0 Å². The zero-order chi connectivity index (χ0) is 18.5. The molecule has 1 aliphatic rings. The van der Waals surface area contributed by atoms with Gasteiger partial charge in [-0.3, -0.25) is 4.79 Å². The maximum Gasteiger partial charge on any atom is 0.243 e. The number of amides is 1. The van der Waals surface area contributed by atoms with Crippen LogP contribution in [-0.2, 0) is 21.2 Å². The Balaban J connectivity index is 1.96. The predicted molar refractivity (Wildman–Crippen MR) is 99.8 cm³/mol. The molecule has 1 amide bonds. The van der Waals surface area contributed by atoms with Gasteiger partial charge in [-0.05, 0) is 37.0 Å². The van der Waals surface area contributed by atoms with E-state index in [1.165, 1.54) is 0 Å². The summed E-state index contributed by atoms with van der Waals surface area (Å²) < 4.78 is 27.1. The van der Waals surface area contributed by atoms with E-state index in [4.69, 9.17) is 0 Å². The number of carbonyl (C=O) groups excluding carboxylic acids is 1. The van der Waals surface area contributed by atoms with Crippen LogP contribution in [0.2, 0.25) is 0 Å². The maximum atomic E-state index is 12.7. The van der Waals surface area contributed by atoms with E-state index < -0.39 is 15.4 Å². The molecule has 1 fully saturated rings. The third kappa shape index (κ3) is 5.54. The second kappa shape index (κ2) is 8.32. The first kappa shape index (κ1) is 19.9. The fourth-order valence-corrected chi connectivity index (χ4v) is 4.36. The van der Waals surface area contributed by atoms with Crippen LogP contribution in [0.4, 0.5) is 0 Å². The van der Waals surface area contributed by atoms with Crippen molar-refractivity contribution in [2.45, 2.75) is 57.8 Å². The van der Waals surface area contributed by atoms with Gasteiger partial charge in [0, 0.05) is 25.0 Å². The van der Waals surface area contributed by atoms with Crippen LogP contribution in [0.25, 0.3) is 0 Å². The van der Waals surface area contributed by atoms with E-state index in [2.05, 4.69) is 5.32 Å². The van der Waals surface area contributed by atoms with E-state index in [0.717, 1.165) is 31.2 Å². The van der Waals surface area contributed by atoms with Gasteiger partial charge in [0.15, 0.2) is 0 Å². The van der Waals surface area contributed by atoms with E-state index >= 15 is 0 Å². The lowest BCUT2D eigenvalue weighted by Gasteiger charge is -2.20. The molecule has 2 rings (SSSR count). The van der Waals surface area contributed by atoms with Gasteiger partial charge in [-0.2, -0.15) is 4.31 Å². The first-order valence-corrected chi connectivity index (χ1v) is 10.5. The minimum atomic E-state index is -3.39. The van der Waals surface area contributed by atoms with E-state index in [0.29, 0.717) is 31.0 Å². The van der Waals surface area contributed by atoms with E-state index in [9.17, 15) is 13.2 Å². The number of benzene rings is 1. The van der Waals surface area contributed by atoms with Crippen LogP contribution in [0.5, 0.6) is 0 Å². The van der Waals surface area contributed by atoms with Gasteiger partial charge in [-0.15, -0.1) is 0 Å². The average Bonchev–Trinajstić information content (AvgIpc) is 2.84. The molecule has 0 bridgehead atoms. The number of rotatable bonds is 5. The molecule has 1 aromatic rings. The molecule has 6 heteroatoms. The van der Waals surface area contributed by atoms with E-state index in [-0.39, 0.29) is 5.91 Å². The molecular weight excluding hydrogens is 336 g/mol. The number of hydrogen-bond acceptors (Lipinski definition) is 3. The molecule has 5 nitrogen and oxygen atoms in total. The molecule has 25 heavy (non-hydrogen) atoms. The van der Waals surface area contributed by atoms with Crippen LogP contribution in [0, 0.1) is 5.41 Å². The maximum absolute atomic E-state index is 12.7. The number of carbonyl (C=O) groups is 1. The summed E-state index contributed by atoms with van der Waals surface area (Å²) in [5.41, 5.74) is 0.620. The van der Waals surface area contributed by atoms with Crippen molar-refractivity contribution in [1.82, 2.24) is 9.62 Å². The van der Waals surface area contributed by atoms with Crippen LogP contribution >= 0.6 is 0 Å². The van der Waals surface area contributed by atoms with Gasteiger partial charge in [0.2, 0.25) is 15.9 Å². The predicted octanol–water partition coefficient (Wildman–Crippen LogP) is 2.96. The first-order valence-electron chi connectivity index (χ1n) is 9.09. The molecule has 0 radical (unpaired) electrons. The van der Waals surface area contributed by atoms with Gasteiger partial charge in [0.25, 0.3) is 0 Å². The summed E-state index contributed by atoms with van der Waals surface area (Å²) in [6, 6.07) is 7.05. The fourth-order valence-electron chi connectivity index (χ4n) is 2.84. The Morgan fingerprint density at radius 3 is 2.12 bits per heavy atom. The lowest BCUT2D eigenvalue weighted by Crippen LogP contribution is -2.35. The van der Waals surface area contributed by atoms with Gasteiger partial charge >= 0.3 is 0 Å². The largest absolute Gasteiger partial charge is 0.355 e. The van der Waals surface area contributed by atoms with Crippen LogP contribution in [0.15, 0.2) is 29.2 Å². The molecule has 1 N–H and O–H groups in total. The van der Waals surface area contributed by atoms with Crippen molar-refractivity contribution in [3.63, 3.8) is 0 Å².